The molecule has 160 valence electrons. The van der Waals surface area contributed by atoms with Crippen LogP contribution in [0.4, 0.5) is 0 Å². The maximum Gasteiger partial charge on any atom is 0.230 e. The number of aliphatic imine (C=N–C) groups is 1. The Balaban J connectivity index is 0.00000300. The average Bonchev–Trinajstić information content (AvgIpc) is 3.31. The number of guanidine groups is 1. The first kappa shape index (κ1) is 23.8. The number of carbonyl (C=O) groups excluding carboxylic acids is 1. The molecule has 0 radical (unpaired) electrons. The highest BCUT2D eigenvalue weighted by Gasteiger charge is 2.42. The average molecular weight is 532 g/mol. The molecule has 2 aromatic rings. The van der Waals surface area contributed by atoms with Gasteiger partial charge < -0.3 is 20.5 Å². The largest absolute Gasteiger partial charge is 0.361 e. The van der Waals surface area contributed by atoms with Gasteiger partial charge in [-0.1, -0.05) is 24.4 Å². The number of aromatic amines is 1. The molecule has 1 aromatic carbocycles. The number of halogens is 2. The first-order valence-electron chi connectivity index (χ1n) is 9.87. The summed E-state index contributed by atoms with van der Waals surface area (Å²) in [5.74, 6) is 0.944. The smallest absolute Gasteiger partial charge is 0.230 e. The Morgan fingerprint density at radius 2 is 2.00 bits per heavy atom. The van der Waals surface area contributed by atoms with E-state index in [1.54, 1.807) is 11.9 Å². The highest BCUT2D eigenvalue weighted by atomic mass is 127. The van der Waals surface area contributed by atoms with E-state index in [-0.39, 0.29) is 35.3 Å². The number of rotatable bonds is 6. The van der Waals surface area contributed by atoms with Crippen LogP contribution in [0.5, 0.6) is 0 Å². The predicted molar refractivity (Wildman–Crippen MR) is 131 cm³/mol. The topological polar surface area (TPSA) is 72.5 Å². The van der Waals surface area contributed by atoms with Crippen LogP contribution in [0, 0.1) is 5.41 Å². The standard InChI is InChI=1S/C21H30ClN5O.HI/c1-23-20(26-14-21(9-4-5-10-21)19(28)27(2)3)24-11-8-15-13-25-18-7-6-16(22)12-17(15)18;/h6-7,12-13,25H,4-5,8-11,14H2,1-3H3,(H2,23,24,26);1H. The first-order valence-corrected chi connectivity index (χ1v) is 10.2. The van der Waals surface area contributed by atoms with E-state index in [9.17, 15) is 4.79 Å². The number of aromatic nitrogens is 1. The lowest BCUT2D eigenvalue weighted by molar-refractivity contribution is -0.138. The third kappa shape index (κ3) is 5.57. The zero-order chi connectivity index (χ0) is 20.1. The molecule has 1 heterocycles. The summed E-state index contributed by atoms with van der Waals surface area (Å²) in [7, 11) is 5.43. The summed E-state index contributed by atoms with van der Waals surface area (Å²) < 4.78 is 0. The lowest BCUT2D eigenvalue weighted by atomic mass is 9.84. The second-order valence-corrected chi connectivity index (χ2v) is 8.23. The zero-order valence-corrected chi connectivity index (χ0v) is 20.4. The summed E-state index contributed by atoms with van der Waals surface area (Å²) in [6.07, 6.45) is 6.96. The lowest BCUT2D eigenvalue weighted by Gasteiger charge is -2.31. The van der Waals surface area contributed by atoms with Crippen molar-refractivity contribution in [3.8, 4) is 0 Å². The SMILES string of the molecule is CN=C(NCCc1c[nH]c2ccc(Cl)cc12)NCC1(C(=O)N(C)C)CCCC1.I. The monoisotopic (exact) mass is 531 g/mol. The molecule has 29 heavy (non-hydrogen) atoms. The van der Waals surface area contributed by atoms with E-state index in [2.05, 4.69) is 20.6 Å². The molecule has 0 unspecified atom stereocenters. The number of nitrogens with one attached hydrogen (secondary N) is 3. The fourth-order valence-electron chi connectivity index (χ4n) is 4.14. The van der Waals surface area contributed by atoms with E-state index >= 15 is 0 Å². The molecule has 1 aliphatic carbocycles. The number of benzene rings is 1. The van der Waals surface area contributed by atoms with E-state index in [0.717, 1.165) is 60.5 Å². The summed E-state index contributed by atoms with van der Waals surface area (Å²) in [6, 6.07) is 5.88. The molecule has 0 aliphatic heterocycles. The molecule has 6 nitrogen and oxygen atoms in total. The summed E-state index contributed by atoms with van der Waals surface area (Å²) in [4.78, 5) is 22.0. The summed E-state index contributed by atoms with van der Waals surface area (Å²) >= 11 is 6.13. The van der Waals surface area contributed by atoms with Crippen molar-refractivity contribution < 1.29 is 4.79 Å². The summed E-state index contributed by atoms with van der Waals surface area (Å²) in [5.41, 5.74) is 2.00. The maximum atomic E-state index is 12.7. The molecular formula is C21H31ClIN5O. The van der Waals surface area contributed by atoms with Gasteiger partial charge in [0.2, 0.25) is 5.91 Å². The van der Waals surface area contributed by atoms with E-state index < -0.39 is 0 Å². The molecule has 1 aromatic heterocycles. The van der Waals surface area contributed by atoms with Gasteiger partial charge in [-0.3, -0.25) is 9.79 Å². The van der Waals surface area contributed by atoms with Gasteiger partial charge in [0.05, 0.1) is 5.41 Å². The number of amides is 1. The highest BCUT2D eigenvalue weighted by Crippen LogP contribution is 2.38. The van der Waals surface area contributed by atoms with Crippen LogP contribution in [0.15, 0.2) is 29.4 Å². The Morgan fingerprint density at radius 1 is 1.28 bits per heavy atom. The minimum atomic E-state index is -0.311. The second-order valence-electron chi connectivity index (χ2n) is 7.79. The normalized spacial score (nSPS) is 15.8. The fraction of sp³-hybridized carbons (Fsp3) is 0.524. The lowest BCUT2D eigenvalue weighted by Crippen LogP contribution is -2.49. The van der Waals surface area contributed by atoms with E-state index in [4.69, 9.17) is 11.6 Å². The molecule has 3 rings (SSSR count). The Labute approximate surface area is 194 Å². The van der Waals surface area contributed by atoms with Gasteiger partial charge >= 0.3 is 0 Å². The van der Waals surface area contributed by atoms with Crippen LogP contribution in [0.25, 0.3) is 10.9 Å². The number of hydrogen-bond acceptors (Lipinski definition) is 2. The minimum absolute atomic E-state index is 0. The summed E-state index contributed by atoms with van der Waals surface area (Å²) in [5, 5.41) is 8.63. The van der Waals surface area contributed by atoms with Gasteiger partial charge in [-0.25, -0.2) is 0 Å². The molecule has 8 heteroatoms. The van der Waals surface area contributed by atoms with Gasteiger partial charge in [-0.2, -0.15) is 0 Å². The quantitative estimate of drug-likeness (QED) is 0.302. The van der Waals surface area contributed by atoms with Crippen molar-refractivity contribution in [1.82, 2.24) is 20.5 Å². The van der Waals surface area contributed by atoms with E-state index in [1.165, 1.54) is 5.56 Å². The first-order chi connectivity index (χ1) is 13.4. The molecule has 1 fully saturated rings. The van der Waals surface area contributed by atoms with Crippen molar-refractivity contribution in [2.24, 2.45) is 10.4 Å². The molecule has 0 atom stereocenters. The molecular weight excluding hydrogens is 501 g/mol. The van der Waals surface area contributed by atoms with E-state index in [1.807, 2.05) is 38.5 Å². The number of hydrogen-bond donors (Lipinski definition) is 3. The number of carbonyl (C=O) groups is 1. The van der Waals surface area contributed by atoms with Crippen molar-refractivity contribution in [1.29, 1.82) is 0 Å². The van der Waals surface area contributed by atoms with Gasteiger partial charge in [0.15, 0.2) is 5.96 Å². The van der Waals surface area contributed by atoms with Crippen molar-refractivity contribution in [3.05, 3.63) is 35.0 Å². The third-order valence-corrected chi connectivity index (χ3v) is 5.89. The van der Waals surface area contributed by atoms with Crippen molar-refractivity contribution in [2.45, 2.75) is 32.1 Å². The molecule has 0 saturated heterocycles. The van der Waals surface area contributed by atoms with Crippen LogP contribution in [0.3, 0.4) is 0 Å². The van der Waals surface area contributed by atoms with Crippen molar-refractivity contribution in [3.63, 3.8) is 0 Å². The Morgan fingerprint density at radius 3 is 2.66 bits per heavy atom. The Bertz CT molecular complexity index is 858. The maximum absolute atomic E-state index is 12.7. The van der Waals surface area contributed by atoms with Crippen LogP contribution >= 0.6 is 35.6 Å². The molecule has 1 amide bonds. The Hall–Kier alpha value is -1.48. The van der Waals surface area contributed by atoms with E-state index in [0.29, 0.717) is 6.54 Å². The summed E-state index contributed by atoms with van der Waals surface area (Å²) in [6.45, 7) is 1.36. The fourth-order valence-corrected chi connectivity index (χ4v) is 4.31. The van der Waals surface area contributed by atoms with Crippen LogP contribution in [-0.4, -0.2) is 56.0 Å². The van der Waals surface area contributed by atoms with Crippen molar-refractivity contribution in [2.75, 3.05) is 34.2 Å². The highest BCUT2D eigenvalue weighted by molar-refractivity contribution is 14.0. The zero-order valence-electron chi connectivity index (χ0n) is 17.3. The minimum Gasteiger partial charge on any atom is -0.361 e. The Kier molecular flexibility index (Phi) is 8.63. The number of fused-ring (bicyclic) bond motifs is 1. The van der Waals surface area contributed by atoms with Gasteiger partial charge in [-0.15, -0.1) is 24.0 Å². The van der Waals surface area contributed by atoms with Crippen LogP contribution in [-0.2, 0) is 11.2 Å². The van der Waals surface area contributed by atoms with Gasteiger partial charge in [-0.05, 0) is 43.0 Å². The molecule has 0 bridgehead atoms. The van der Waals surface area contributed by atoms with Gasteiger partial charge in [0.1, 0.15) is 0 Å². The molecule has 1 saturated carbocycles. The number of H-pyrrole nitrogens is 1. The van der Waals surface area contributed by atoms with Gasteiger partial charge in [0, 0.05) is 56.4 Å². The van der Waals surface area contributed by atoms with Crippen molar-refractivity contribution >= 4 is 58.3 Å². The third-order valence-electron chi connectivity index (χ3n) is 5.65. The molecule has 3 N–H and O–H groups in total. The van der Waals surface area contributed by atoms with Crippen LogP contribution in [0.1, 0.15) is 31.2 Å². The number of nitrogens with zero attached hydrogens (tertiary/aromatic N) is 2. The van der Waals surface area contributed by atoms with Crippen LogP contribution in [0.2, 0.25) is 5.02 Å². The van der Waals surface area contributed by atoms with Crippen LogP contribution < -0.4 is 10.6 Å². The molecule has 0 spiro atoms. The van der Waals surface area contributed by atoms with Gasteiger partial charge in [0.25, 0.3) is 0 Å². The predicted octanol–water partition coefficient (Wildman–Crippen LogP) is 3.80. The molecule has 1 aliphatic rings. The second kappa shape index (κ2) is 10.5.